The molecule has 0 saturated carbocycles. The van der Waals surface area contributed by atoms with E-state index < -0.39 is 0 Å². The highest BCUT2D eigenvalue weighted by Gasteiger charge is 2.10. The molecule has 0 aromatic heterocycles. The van der Waals surface area contributed by atoms with Crippen LogP contribution in [-0.2, 0) is 0 Å². The summed E-state index contributed by atoms with van der Waals surface area (Å²) in [7, 11) is 2.05. The standard InChI is InChI=1S/C15H25NO/c1-5-10-16(4)11-15(17)14-8-6-13(7-9-14)12(2)3/h6-9,12,15,17H,5,10-11H2,1-4H3. The molecule has 0 amide bonds. The lowest BCUT2D eigenvalue weighted by molar-refractivity contribution is 0.127. The van der Waals surface area contributed by atoms with Crippen molar-refractivity contribution in [1.29, 1.82) is 0 Å². The summed E-state index contributed by atoms with van der Waals surface area (Å²) < 4.78 is 0. The third kappa shape index (κ3) is 4.49. The maximum absolute atomic E-state index is 10.1. The number of hydrogen-bond acceptors (Lipinski definition) is 2. The molecule has 0 spiro atoms. The molecule has 0 saturated heterocycles. The SMILES string of the molecule is CCCN(C)CC(O)c1ccc(C(C)C)cc1. The molecule has 1 atom stereocenters. The summed E-state index contributed by atoms with van der Waals surface area (Å²) in [4.78, 5) is 2.17. The van der Waals surface area contributed by atoms with Crippen molar-refractivity contribution in [3.63, 3.8) is 0 Å². The van der Waals surface area contributed by atoms with Crippen molar-refractivity contribution in [1.82, 2.24) is 4.90 Å². The lowest BCUT2D eigenvalue weighted by Crippen LogP contribution is -2.25. The van der Waals surface area contributed by atoms with Crippen LogP contribution in [0.4, 0.5) is 0 Å². The largest absolute Gasteiger partial charge is 0.387 e. The van der Waals surface area contributed by atoms with E-state index in [1.807, 2.05) is 12.1 Å². The van der Waals surface area contributed by atoms with E-state index in [2.05, 4.69) is 44.9 Å². The molecule has 1 N–H and O–H groups in total. The van der Waals surface area contributed by atoms with Crippen LogP contribution >= 0.6 is 0 Å². The fraction of sp³-hybridized carbons (Fsp3) is 0.600. The van der Waals surface area contributed by atoms with E-state index in [4.69, 9.17) is 0 Å². The normalized spacial score (nSPS) is 13.4. The van der Waals surface area contributed by atoms with E-state index >= 15 is 0 Å². The first-order chi connectivity index (χ1) is 8.04. The molecule has 96 valence electrons. The molecule has 2 nitrogen and oxygen atoms in total. The Morgan fingerprint density at radius 3 is 2.12 bits per heavy atom. The summed E-state index contributed by atoms with van der Waals surface area (Å²) in [5.41, 5.74) is 2.33. The third-order valence-electron chi connectivity index (χ3n) is 3.08. The molecular formula is C15H25NO. The van der Waals surface area contributed by atoms with Crippen molar-refractivity contribution < 1.29 is 5.11 Å². The van der Waals surface area contributed by atoms with E-state index in [0.29, 0.717) is 12.5 Å². The van der Waals surface area contributed by atoms with E-state index in [-0.39, 0.29) is 6.10 Å². The van der Waals surface area contributed by atoms with Gasteiger partial charge in [-0.05, 0) is 37.1 Å². The predicted molar refractivity (Wildman–Crippen MR) is 73.3 cm³/mol. The number of aliphatic hydroxyl groups is 1. The fourth-order valence-electron chi connectivity index (χ4n) is 1.98. The minimum absolute atomic E-state index is 0.382. The van der Waals surface area contributed by atoms with Crippen molar-refractivity contribution in [3.05, 3.63) is 35.4 Å². The number of aliphatic hydroxyl groups excluding tert-OH is 1. The molecule has 2 heteroatoms. The fourth-order valence-corrected chi connectivity index (χ4v) is 1.98. The summed E-state index contributed by atoms with van der Waals surface area (Å²) in [6, 6.07) is 8.31. The van der Waals surface area contributed by atoms with Crippen LogP contribution < -0.4 is 0 Å². The summed E-state index contributed by atoms with van der Waals surface area (Å²) in [6.45, 7) is 8.25. The zero-order chi connectivity index (χ0) is 12.8. The van der Waals surface area contributed by atoms with Gasteiger partial charge >= 0.3 is 0 Å². The Morgan fingerprint density at radius 2 is 1.65 bits per heavy atom. The molecule has 0 bridgehead atoms. The molecule has 1 unspecified atom stereocenters. The van der Waals surface area contributed by atoms with Gasteiger partial charge in [-0.15, -0.1) is 0 Å². The van der Waals surface area contributed by atoms with Crippen molar-refractivity contribution in [3.8, 4) is 0 Å². The smallest absolute Gasteiger partial charge is 0.0916 e. The Morgan fingerprint density at radius 1 is 1.12 bits per heavy atom. The molecular weight excluding hydrogens is 210 g/mol. The number of benzene rings is 1. The van der Waals surface area contributed by atoms with Gasteiger partial charge in [-0.2, -0.15) is 0 Å². The van der Waals surface area contributed by atoms with Gasteiger partial charge < -0.3 is 10.0 Å². The quantitative estimate of drug-likeness (QED) is 0.818. The number of nitrogens with zero attached hydrogens (tertiary/aromatic N) is 1. The van der Waals surface area contributed by atoms with Gasteiger partial charge in [0.25, 0.3) is 0 Å². The summed E-state index contributed by atoms with van der Waals surface area (Å²) in [5, 5.41) is 10.1. The van der Waals surface area contributed by atoms with Crippen LogP contribution in [-0.4, -0.2) is 30.1 Å². The van der Waals surface area contributed by atoms with Gasteiger partial charge in [0.05, 0.1) is 6.10 Å². The van der Waals surface area contributed by atoms with Crippen molar-refractivity contribution in [2.24, 2.45) is 0 Å². The van der Waals surface area contributed by atoms with Crippen molar-refractivity contribution in [2.75, 3.05) is 20.1 Å². The number of rotatable bonds is 6. The highest BCUT2D eigenvalue weighted by Crippen LogP contribution is 2.19. The number of hydrogen-bond donors (Lipinski definition) is 1. The molecule has 0 radical (unpaired) electrons. The zero-order valence-corrected chi connectivity index (χ0v) is 11.5. The van der Waals surface area contributed by atoms with Gasteiger partial charge in [0, 0.05) is 6.54 Å². The van der Waals surface area contributed by atoms with Gasteiger partial charge in [-0.1, -0.05) is 45.0 Å². The minimum atomic E-state index is -0.382. The molecule has 0 aliphatic carbocycles. The van der Waals surface area contributed by atoms with E-state index in [0.717, 1.165) is 18.5 Å². The van der Waals surface area contributed by atoms with Crippen LogP contribution in [0.25, 0.3) is 0 Å². The van der Waals surface area contributed by atoms with Gasteiger partial charge in [0.15, 0.2) is 0 Å². The van der Waals surface area contributed by atoms with Crippen LogP contribution in [0.5, 0.6) is 0 Å². The Hall–Kier alpha value is -0.860. The lowest BCUT2D eigenvalue weighted by atomic mass is 10.00. The highest BCUT2D eigenvalue weighted by molar-refractivity contribution is 5.26. The molecule has 1 aromatic carbocycles. The second kappa shape index (κ2) is 6.77. The second-order valence-electron chi connectivity index (χ2n) is 5.10. The molecule has 0 aliphatic rings. The van der Waals surface area contributed by atoms with Crippen LogP contribution in [0.1, 0.15) is 50.3 Å². The first kappa shape index (κ1) is 14.2. The molecule has 1 rings (SSSR count). The average Bonchev–Trinajstić information content (AvgIpc) is 2.29. The van der Waals surface area contributed by atoms with Gasteiger partial charge in [-0.3, -0.25) is 0 Å². The van der Waals surface area contributed by atoms with Crippen molar-refractivity contribution >= 4 is 0 Å². The van der Waals surface area contributed by atoms with Crippen LogP contribution in [0.15, 0.2) is 24.3 Å². The minimum Gasteiger partial charge on any atom is -0.387 e. The maximum Gasteiger partial charge on any atom is 0.0916 e. The van der Waals surface area contributed by atoms with Gasteiger partial charge in [-0.25, -0.2) is 0 Å². The summed E-state index contributed by atoms with van der Waals surface area (Å²) in [5.74, 6) is 0.545. The Bertz CT molecular complexity index is 318. The topological polar surface area (TPSA) is 23.5 Å². The van der Waals surface area contributed by atoms with E-state index in [1.54, 1.807) is 0 Å². The molecule has 0 aliphatic heterocycles. The Kier molecular flexibility index (Phi) is 5.66. The number of likely N-dealkylation sites (N-methyl/N-ethyl adjacent to an activating group) is 1. The monoisotopic (exact) mass is 235 g/mol. The molecule has 1 aromatic rings. The average molecular weight is 235 g/mol. The summed E-state index contributed by atoms with van der Waals surface area (Å²) >= 11 is 0. The second-order valence-corrected chi connectivity index (χ2v) is 5.10. The van der Waals surface area contributed by atoms with Crippen LogP contribution in [0.3, 0.4) is 0 Å². The third-order valence-corrected chi connectivity index (χ3v) is 3.08. The maximum atomic E-state index is 10.1. The van der Waals surface area contributed by atoms with Crippen LogP contribution in [0.2, 0.25) is 0 Å². The predicted octanol–water partition coefficient (Wildman–Crippen LogP) is 3.19. The molecule has 0 heterocycles. The first-order valence-electron chi connectivity index (χ1n) is 6.51. The molecule has 17 heavy (non-hydrogen) atoms. The first-order valence-corrected chi connectivity index (χ1v) is 6.51. The van der Waals surface area contributed by atoms with Crippen LogP contribution in [0, 0.1) is 0 Å². The highest BCUT2D eigenvalue weighted by atomic mass is 16.3. The zero-order valence-electron chi connectivity index (χ0n) is 11.5. The summed E-state index contributed by atoms with van der Waals surface area (Å²) in [6.07, 6.45) is 0.739. The van der Waals surface area contributed by atoms with E-state index in [9.17, 15) is 5.11 Å². The Labute approximate surface area is 105 Å². The van der Waals surface area contributed by atoms with E-state index in [1.165, 1.54) is 5.56 Å². The Balaban J connectivity index is 2.60. The molecule has 0 fully saturated rings. The lowest BCUT2D eigenvalue weighted by Gasteiger charge is -2.20. The van der Waals surface area contributed by atoms with Crippen molar-refractivity contribution in [2.45, 2.75) is 39.2 Å². The van der Waals surface area contributed by atoms with Gasteiger partial charge in [0.2, 0.25) is 0 Å². The van der Waals surface area contributed by atoms with Gasteiger partial charge in [0.1, 0.15) is 0 Å².